The number of aryl methyl sites for hydroxylation is 1. The molecule has 3 rings (SSSR count). The largest absolute Gasteiger partial charge is 0.465 e. The first-order valence-corrected chi connectivity index (χ1v) is 9.19. The number of hydrogen-bond donors (Lipinski definition) is 2. The summed E-state index contributed by atoms with van der Waals surface area (Å²) in [6, 6.07) is 18.9. The van der Waals surface area contributed by atoms with Gasteiger partial charge in [0.05, 0.1) is 18.2 Å². The fourth-order valence-electron chi connectivity index (χ4n) is 2.94. The zero-order valence-corrected chi connectivity index (χ0v) is 16.7. The van der Waals surface area contributed by atoms with Gasteiger partial charge in [0, 0.05) is 18.0 Å². The lowest BCUT2D eigenvalue weighted by Crippen LogP contribution is -2.15. The van der Waals surface area contributed by atoms with E-state index >= 15 is 0 Å². The first kappa shape index (κ1) is 20.1. The average molecular weight is 389 g/mol. The highest BCUT2D eigenvalue weighted by Gasteiger charge is 2.19. The molecule has 0 aliphatic rings. The van der Waals surface area contributed by atoms with Gasteiger partial charge in [-0.3, -0.25) is 0 Å². The van der Waals surface area contributed by atoms with Crippen LogP contribution in [0.4, 0.5) is 5.82 Å². The highest BCUT2D eigenvalue weighted by molar-refractivity contribution is 6.09. The summed E-state index contributed by atoms with van der Waals surface area (Å²) >= 11 is 0. The van der Waals surface area contributed by atoms with Gasteiger partial charge < -0.3 is 20.2 Å². The number of aromatic nitrogens is 1. The van der Waals surface area contributed by atoms with E-state index in [-0.39, 0.29) is 5.71 Å². The molecule has 1 heterocycles. The van der Waals surface area contributed by atoms with Gasteiger partial charge in [0.1, 0.15) is 17.3 Å². The van der Waals surface area contributed by atoms with E-state index in [9.17, 15) is 4.79 Å². The summed E-state index contributed by atoms with van der Waals surface area (Å²) in [7, 11) is 1.33. The standard InChI is InChI=1S/C23H23N3O3/c1-15-13-20(23(27)28-3)21(16(2)24)22(26-15)25-14-17-9-11-19(12-10-17)29-18-7-5-4-6-8-18/h4-13,24H,14H2,1-3H3,(H,25,26). The lowest BCUT2D eigenvalue weighted by Gasteiger charge is -2.15. The molecular formula is C23H23N3O3. The van der Waals surface area contributed by atoms with Crippen molar-refractivity contribution in [1.82, 2.24) is 4.98 Å². The molecule has 0 amide bonds. The molecular weight excluding hydrogens is 366 g/mol. The molecule has 29 heavy (non-hydrogen) atoms. The van der Waals surface area contributed by atoms with Gasteiger partial charge in [0.15, 0.2) is 0 Å². The van der Waals surface area contributed by atoms with Crippen molar-refractivity contribution >= 4 is 17.5 Å². The van der Waals surface area contributed by atoms with Gasteiger partial charge in [-0.15, -0.1) is 0 Å². The molecule has 0 bridgehead atoms. The van der Waals surface area contributed by atoms with E-state index in [4.69, 9.17) is 14.9 Å². The third-order valence-corrected chi connectivity index (χ3v) is 4.29. The number of pyridine rings is 1. The Labute approximate surface area is 170 Å². The first-order chi connectivity index (χ1) is 14.0. The Morgan fingerprint density at radius 2 is 1.72 bits per heavy atom. The van der Waals surface area contributed by atoms with Gasteiger partial charge in [-0.2, -0.15) is 0 Å². The Morgan fingerprint density at radius 1 is 1.07 bits per heavy atom. The van der Waals surface area contributed by atoms with Crippen LogP contribution in [0.3, 0.4) is 0 Å². The summed E-state index contributed by atoms with van der Waals surface area (Å²) < 4.78 is 10.7. The molecule has 0 unspecified atom stereocenters. The van der Waals surface area contributed by atoms with Crippen LogP contribution < -0.4 is 10.1 Å². The number of benzene rings is 2. The van der Waals surface area contributed by atoms with Crippen molar-refractivity contribution in [2.24, 2.45) is 0 Å². The normalized spacial score (nSPS) is 10.3. The maximum absolute atomic E-state index is 12.1. The van der Waals surface area contributed by atoms with Crippen LogP contribution in [0, 0.1) is 12.3 Å². The topological polar surface area (TPSA) is 84.3 Å². The van der Waals surface area contributed by atoms with Gasteiger partial charge in [-0.05, 0) is 49.7 Å². The van der Waals surface area contributed by atoms with E-state index in [1.807, 2.05) is 54.6 Å². The van der Waals surface area contributed by atoms with E-state index in [0.29, 0.717) is 29.2 Å². The van der Waals surface area contributed by atoms with Crippen molar-refractivity contribution in [2.75, 3.05) is 12.4 Å². The number of para-hydroxylation sites is 1. The van der Waals surface area contributed by atoms with Crippen LogP contribution >= 0.6 is 0 Å². The van der Waals surface area contributed by atoms with Crippen molar-refractivity contribution < 1.29 is 14.3 Å². The second-order valence-corrected chi connectivity index (χ2v) is 6.56. The molecule has 0 aliphatic heterocycles. The molecule has 2 N–H and O–H groups in total. The third-order valence-electron chi connectivity index (χ3n) is 4.29. The highest BCUT2D eigenvalue weighted by atomic mass is 16.5. The molecule has 2 aromatic carbocycles. The summed E-state index contributed by atoms with van der Waals surface area (Å²) in [5.41, 5.74) is 2.71. The average Bonchev–Trinajstić information content (AvgIpc) is 2.72. The predicted octanol–water partition coefficient (Wildman–Crippen LogP) is 4.97. The van der Waals surface area contributed by atoms with E-state index in [0.717, 1.165) is 17.1 Å². The van der Waals surface area contributed by atoms with Gasteiger partial charge in [-0.25, -0.2) is 9.78 Å². The lowest BCUT2D eigenvalue weighted by molar-refractivity contribution is 0.0600. The summed E-state index contributed by atoms with van der Waals surface area (Å²) in [4.78, 5) is 16.6. The fraction of sp³-hybridized carbons (Fsp3) is 0.174. The number of methoxy groups -OCH3 is 1. The molecule has 3 aromatic rings. The maximum atomic E-state index is 12.1. The minimum atomic E-state index is -0.484. The van der Waals surface area contributed by atoms with Crippen molar-refractivity contribution in [3.8, 4) is 11.5 Å². The van der Waals surface area contributed by atoms with Crippen LogP contribution in [0.2, 0.25) is 0 Å². The maximum Gasteiger partial charge on any atom is 0.338 e. The van der Waals surface area contributed by atoms with Gasteiger partial charge >= 0.3 is 5.97 Å². The van der Waals surface area contributed by atoms with Gasteiger partial charge in [0.25, 0.3) is 0 Å². The summed E-state index contributed by atoms with van der Waals surface area (Å²) in [6.07, 6.45) is 0. The van der Waals surface area contributed by atoms with Crippen LogP contribution in [-0.4, -0.2) is 23.8 Å². The van der Waals surface area contributed by atoms with Crippen molar-refractivity contribution in [1.29, 1.82) is 5.41 Å². The minimum Gasteiger partial charge on any atom is -0.465 e. The molecule has 0 radical (unpaired) electrons. The molecule has 0 saturated heterocycles. The Morgan fingerprint density at radius 3 is 2.34 bits per heavy atom. The summed E-state index contributed by atoms with van der Waals surface area (Å²) in [6.45, 7) is 3.92. The number of hydrogen-bond acceptors (Lipinski definition) is 6. The Kier molecular flexibility index (Phi) is 6.24. The molecule has 0 atom stereocenters. The van der Waals surface area contributed by atoms with E-state index in [2.05, 4.69) is 10.3 Å². The molecule has 1 aromatic heterocycles. The number of carbonyl (C=O) groups excluding carboxylic acids is 1. The number of esters is 1. The van der Waals surface area contributed by atoms with Crippen LogP contribution in [0.25, 0.3) is 0 Å². The SMILES string of the molecule is COC(=O)c1cc(C)nc(NCc2ccc(Oc3ccccc3)cc2)c1C(C)=N. The molecule has 0 aliphatic carbocycles. The minimum absolute atomic E-state index is 0.243. The van der Waals surface area contributed by atoms with Gasteiger partial charge in [-0.1, -0.05) is 30.3 Å². The predicted molar refractivity (Wildman–Crippen MR) is 113 cm³/mol. The number of ether oxygens (including phenoxy) is 2. The van der Waals surface area contributed by atoms with Crippen LogP contribution in [-0.2, 0) is 11.3 Å². The van der Waals surface area contributed by atoms with Crippen molar-refractivity contribution in [3.63, 3.8) is 0 Å². The zero-order chi connectivity index (χ0) is 20.8. The van der Waals surface area contributed by atoms with E-state index < -0.39 is 5.97 Å². The highest BCUT2D eigenvalue weighted by Crippen LogP contribution is 2.24. The number of rotatable bonds is 7. The molecule has 0 spiro atoms. The van der Waals surface area contributed by atoms with Crippen molar-refractivity contribution in [3.05, 3.63) is 83.0 Å². The molecule has 0 fully saturated rings. The second kappa shape index (κ2) is 9.01. The van der Waals surface area contributed by atoms with Gasteiger partial charge in [0.2, 0.25) is 0 Å². The Bertz CT molecular complexity index is 1020. The Hall–Kier alpha value is -3.67. The third kappa shape index (κ3) is 4.99. The second-order valence-electron chi connectivity index (χ2n) is 6.56. The molecule has 6 heteroatoms. The quantitative estimate of drug-likeness (QED) is 0.440. The number of carbonyl (C=O) groups is 1. The zero-order valence-electron chi connectivity index (χ0n) is 16.7. The number of anilines is 1. The van der Waals surface area contributed by atoms with E-state index in [1.165, 1.54) is 7.11 Å². The van der Waals surface area contributed by atoms with Crippen LogP contribution in [0.15, 0.2) is 60.7 Å². The monoisotopic (exact) mass is 389 g/mol. The smallest absolute Gasteiger partial charge is 0.338 e. The summed E-state index contributed by atoms with van der Waals surface area (Å²) in [5.74, 6) is 1.53. The first-order valence-electron chi connectivity index (χ1n) is 9.19. The number of nitrogens with one attached hydrogen (secondary N) is 2. The fourth-order valence-corrected chi connectivity index (χ4v) is 2.94. The van der Waals surface area contributed by atoms with E-state index in [1.54, 1.807) is 19.9 Å². The Balaban J connectivity index is 1.76. The number of nitrogens with zero attached hydrogens (tertiary/aromatic N) is 1. The summed E-state index contributed by atoms with van der Waals surface area (Å²) in [5, 5.41) is 11.3. The lowest BCUT2D eigenvalue weighted by atomic mass is 10.0. The van der Waals surface area contributed by atoms with Crippen LogP contribution in [0.1, 0.15) is 34.1 Å². The molecule has 0 saturated carbocycles. The molecule has 148 valence electrons. The van der Waals surface area contributed by atoms with Crippen molar-refractivity contribution in [2.45, 2.75) is 20.4 Å². The van der Waals surface area contributed by atoms with Crippen LogP contribution in [0.5, 0.6) is 11.5 Å². The molecule has 6 nitrogen and oxygen atoms in total.